The zero-order valence-electron chi connectivity index (χ0n) is 14.2. The van der Waals surface area contributed by atoms with E-state index in [4.69, 9.17) is 9.47 Å². The molecule has 0 radical (unpaired) electrons. The van der Waals surface area contributed by atoms with Gasteiger partial charge in [-0.3, -0.25) is 4.90 Å². The molecule has 27 heavy (non-hydrogen) atoms. The van der Waals surface area contributed by atoms with Crippen molar-refractivity contribution in [3.05, 3.63) is 89.6 Å². The summed E-state index contributed by atoms with van der Waals surface area (Å²) in [5.41, 5.74) is 2.73. The summed E-state index contributed by atoms with van der Waals surface area (Å²) in [5, 5.41) is 0. The van der Waals surface area contributed by atoms with Crippen molar-refractivity contribution in [1.29, 1.82) is 0 Å². The van der Waals surface area contributed by atoms with Crippen LogP contribution in [0.3, 0.4) is 0 Å². The summed E-state index contributed by atoms with van der Waals surface area (Å²) in [6.45, 7) is 0.163. The number of rotatable bonds is 3. The minimum absolute atomic E-state index is 0.163. The van der Waals surface area contributed by atoms with Gasteiger partial charge in [0.1, 0.15) is 18.8 Å². The molecule has 0 aromatic heterocycles. The average Bonchev–Trinajstić information content (AvgIpc) is 3.12. The van der Waals surface area contributed by atoms with E-state index < -0.39 is 24.2 Å². The first-order valence-corrected chi connectivity index (χ1v) is 9.27. The second-order valence-corrected chi connectivity index (χ2v) is 7.07. The van der Waals surface area contributed by atoms with Crippen LogP contribution >= 0.6 is 15.9 Å². The third-order valence-electron chi connectivity index (χ3n) is 4.49. The number of hydrogen-bond acceptors (Lipinski definition) is 4. The van der Waals surface area contributed by atoms with Crippen LogP contribution in [0.4, 0.5) is 4.79 Å². The number of carbonyl (C=O) groups is 2. The molecule has 5 nitrogen and oxygen atoms in total. The molecule has 0 saturated heterocycles. The molecule has 0 saturated carbocycles. The van der Waals surface area contributed by atoms with Crippen LogP contribution in [0.1, 0.15) is 22.7 Å². The molecule has 136 valence electrons. The van der Waals surface area contributed by atoms with Crippen LogP contribution in [-0.2, 0) is 20.9 Å². The minimum Gasteiger partial charge on any atom is -0.452 e. The monoisotopic (exact) mass is 425 g/mol. The highest BCUT2D eigenvalue weighted by Gasteiger charge is 2.39. The number of benzene rings is 2. The largest absolute Gasteiger partial charge is 0.452 e. The summed E-state index contributed by atoms with van der Waals surface area (Å²) in [6, 6.07) is 16.7. The molecule has 4 rings (SSSR count). The second-order valence-electron chi connectivity index (χ2n) is 6.22. The van der Waals surface area contributed by atoms with E-state index in [1.54, 1.807) is 12.3 Å². The van der Waals surface area contributed by atoms with Crippen molar-refractivity contribution in [2.75, 3.05) is 0 Å². The Balaban J connectivity index is 1.63. The van der Waals surface area contributed by atoms with Gasteiger partial charge in [-0.05, 0) is 38.7 Å². The Bertz CT molecular complexity index is 938. The van der Waals surface area contributed by atoms with Crippen molar-refractivity contribution in [3.8, 4) is 0 Å². The predicted molar refractivity (Wildman–Crippen MR) is 104 cm³/mol. The number of fused-ring (bicyclic) bond motifs is 1. The normalized spacial score (nSPS) is 20.7. The Kier molecular flexibility index (Phi) is 4.81. The highest BCUT2D eigenvalue weighted by atomic mass is 79.9. The van der Waals surface area contributed by atoms with Gasteiger partial charge in [-0.15, -0.1) is 0 Å². The van der Waals surface area contributed by atoms with Gasteiger partial charge in [0, 0.05) is 16.8 Å². The first-order chi connectivity index (χ1) is 13.1. The third kappa shape index (κ3) is 3.53. The Morgan fingerprint density at radius 1 is 1.11 bits per heavy atom. The van der Waals surface area contributed by atoms with Gasteiger partial charge in [-0.25, -0.2) is 9.59 Å². The molecule has 0 bridgehead atoms. The topological polar surface area (TPSA) is 55.8 Å². The Labute approximate surface area is 165 Å². The van der Waals surface area contributed by atoms with E-state index in [-0.39, 0.29) is 6.61 Å². The molecular weight excluding hydrogens is 410 g/mol. The van der Waals surface area contributed by atoms with Crippen molar-refractivity contribution < 1.29 is 19.1 Å². The van der Waals surface area contributed by atoms with Crippen molar-refractivity contribution in [2.45, 2.75) is 18.8 Å². The SMILES string of the molecule is O=C1C=C[C@@H]([C@@H]2c3ccccc3C(Br)=CN2C(=O)OCc2ccccc2)O1. The van der Waals surface area contributed by atoms with E-state index in [0.29, 0.717) is 0 Å². The number of nitrogens with zero attached hydrogens (tertiary/aromatic N) is 1. The molecule has 0 aliphatic carbocycles. The van der Waals surface area contributed by atoms with E-state index in [2.05, 4.69) is 15.9 Å². The van der Waals surface area contributed by atoms with Crippen LogP contribution in [0, 0.1) is 0 Å². The standard InChI is InChI=1S/C21H16BrNO4/c22-17-12-23(21(25)26-13-14-6-2-1-3-7-14)20(18-10-11-19(24)27-18)16-9-5-4-8-15(16)17/h1-12,18,20H,13H2/t18-,20-/m0/s1. The van der Waals surface area contributed by atoms with Crippen LogP contribution in [0.5, 0.6) is 0 Å². The van der Waals surface area contributed by atoms with Crippen molar-refractivity contribution in [1.82, 2.24) is 4.90 Å². The summed E-state index contributed by atoms with van der Waals surface area (Å²) in [7, 11) is 0. The molecule has 2 aliphatic heterocycles. The minimum atomic E-state index is -0.570. The molecule has 6 heteroatoms. The first kappa shape index (κ1) is 17.5. The first-order valence-electron chi connectivity index (χ1n) is 8.48. The summed E-state index contributed by atoms with van der Waals surface area (Å²) in [5.74, 6) is -0.413. The fraction of sp³-hybridized carbons (Fsp3) is 0.143. The lowest BCUT2D eigenvalue weighted by atomic mass is 9.92. The summed E-state index contributed by atoms with van der Waals surface area (Å²) in [4.78, 5) is 25.9. The molecule has 2 aliphatic rings. The molecule has 2 atom stereocenters. The van der Waals surface area contributed by atoms with Crippen LogP contribution in [-0.4, -0.2) is 23.1 Å². The third-order valence-corrected chi connectivity index (χ3v) is 5.12. The van der Waals surface area contributed by atoms with Gasteiger partial charge in [-0.1, -0.05) is 54.6 Å². The summed E-state index contributed by atoms with van der Waals surface area (Å²) < 4.78 is 11.7. The predicted octanol–water partition coefficient (Wildman–Crippen LogP) is 4.56. The Morgan fingerprint density at radius 2 is 1.85 bits per heavy atom. The average molecular weight is 426 g/mol. The highest BCUT2D eigenvalue weighted by Crippen LogP contribution is 2.41. The van der Waals surface area contributed by atoms with E-state index >= 15 is 0 Å². The van der Waals surface area contributed by atoms with Crippen molar-refractivity contribution in [3.63, 3.8) is 0 Å². The van der Waals surface area contributed by atoms with E-state index in [9.17, 15) is 9.59 Å². The Hall–Kier alpha value is -2.86. The van der Waals surface area contributed by atoms with Gasteiger partial charge < -0.3 is 9.47 Å². The number of hydrogen-bond donors (Lipinski definition) is 0. The van der Waals surface area contributed by atoms with Gasteiger partial charge in [-0.2, -0.15) is 0 Å². The van der Waals surface area contributed by atoms with Gasteiger partial charge in [0.25, 0.3) is 0 Å². The molecule has 2 heterocycles. The lowest BCUT2D eigenvalue weighted by Crippen LogP contribution is -2.39. The molecule has 1 amide bonds. The fourth-order valence-corrected chi connectivity index (χ4v) is 3.83. The summed E-state index contributed by atoms with van der Waals surface area (Å²) >= 11 is 3.53. The van der Waals surface area contributed by atoms with Crippen LogP contribution in [0.15, 0.2) is 72.9 Å². The number of ether oxygens (including phenoxy) is 2. The smallest absolute Gasteiger partial charge is 0.414 e. The maximum absolute atomic E-state index is 12.8. The molecule has 0 N–H and O–H groups in total. The lowest BCUT2D eigenvalue weighted by molar-refractivity contribution is -0.140. The van der Waals surface area contributed by atoms with E-state index in [1.165, 1.54) is 11.0 Å². The zero-order valence-corrected chi connectivity index (χ0v) is 15.8. The highest BCUT2D eigenvalue weighted by molar-refractivity contribution is 9.15. The van der Waals surface area contributed by atoms with E-state index in [0.717, 1.165) is 21.2 Å². The molecule has 0 fully saturated rings. The van der Waals surface area contributed by atoms with Crippen LogP contribution in [0.25, 0.3) is 4.48 Å². The number of amides is 1. The van der Waals surface area contributed by atoms with Crippen molar-refractivity contribution in [2.24, 2.45) is 0 Å². The molecular formula is C21H16BrNO4. The molecule has 0 unspecified atom stereocenters. The quantitative estimate of drug-likeness (QED) is 0.676. The van der Waals surface area contributed by atoms with Gasteiger partial charge in [0.05, 0.1) is 0 Å². The van der Waals surface area contributed by atoms with Gasteiger partial charge in [0.15, 0.2) is 0 Å². The van der Waals surface area contributed by atoms with Crippen LogP contribution < -0.4 is 0 Å². The molecule has 2 aromatic rings. The lowest BCUT2D eigenvalue weighted by Gasteiger charge is -2.36. The number of carbonyl (C=O) groups excluding carboxylic acids is 2. The molecule has 0 spiro atoms. The van der Waals surface area contributed by atoms with Crippen molar-refractivity contribution >= 4 is 32.5 Å². The Morgan fingerprint density at radius 3 is 2.59 bits per heavy atom. The maximum Gasteiger partial charge on any atom is 0.414 e. The zero-order chi connectivity index (χ0) is 18.8. The van der Waals surface area contributed by atoms with E-state index in [1.807, 2.05) is 54.6 Å². The van der Waals surface area contributed by atoms with Gasteiger partial charge >= 0.3 is 12.1 Å². The fourth-order valence-electron chi connectivity index (χ4n) is 3.25. The number of esters is 1. The maximum atomic E-state index is 12.8. The summed E-state index contributed by atoms with van der Waals surface area (Å²) in [6.07, 6.45) is 3.66. The van der Waals surface area contributed by atoms with Gasteiger partial charge in [0.2, 0.25) is 0 Å². The number of cyclic esters (lactones) is 1. The second kappa shape index (κ2) is 7.40. The number of halogens is 1. The van der Waals surface area contributed by atoms with Crippen LogP contribution in [0.2, 0.25) is 0 Å². The molecule has 2 aromatic carbocycles.